The minimum Gasteiger partial charge on any atom is -0.465 e. The van der Waals surface area contributed by atoms with Crippen LogP contribution in [0.1, 0.15) is 47.5 Å². The minimum absolute atomic E-state index is 0.0929. The van der Waals surface area contributed by atoms with Crippen LogP contribution in [-0.4, -0.2) is 24.3 Å². The Kier molecular flexibility index (Phi) is 6.65. The standard InChI is InChI=1S/C13H26O3/c1-6-16-12(15)13(9-14,11(4)5)8-7-10(2)3/h10-11,14H,6-9H2,1-5H3. The minimum atomic E-state index is -0.722. The molecular formula is C13H26O3. The highest BCUT2D eigenvalue weighted by molar-refractivity contribution is 5.77. The summed E-state index contributed by atoms with van der Waals surface area (Å²) in [6, 6.07) is 0. The van der Waals surface area contributed by atoms with Crippen molar-refractivity contribution in [2.24, 2.45) is 17.3 Å². The van der Waals surface area contributed by atoms with Gasteiger partial charge in [0.1, 0.15) is 0 Å². The molecule has 0 saturated carbocycles. The first-order valence-electron chi connectivity index (χ1n) is 6.18. The lowest BCUT2D eigenvalue weighted by Gasteiger charge is -2.33. The molecule has 0 aromatic carbocycles. The molecular weight excluding hydrogens is 204 g/mol. The maximum Gasteiger partial charge on any atom is 0.314 e. The topological polar surface area (TPSA) is 46.5 Å². The maximum atomic E-state index is 12.0. The highest BCUT2D eigenvalue weighted by atomic mass is 16.5. The highest BCUT2D eigenvalue weighted by Gasteiger charge is 2.42. The first-order chi connectivity index (χ1) is 7.40. The van der Waals surface area contributed by atoms with Crippen LogP contribution in [0.3, 0.4) is 0 Å². The summed E-state index contributed by atoms with van der Waals surface area (Å²) in [5.41, 5.74) is -0.722. The molecule has 0 aliphatic heterocycles. The van der Waals surface area contributed by atoms with Gasteiger partial charge in [-0.3, -0.25) is 4.79 Å². The number of hydrogen-bond acceptors (Lipinski definition) is 3. The van der Waals surface area contributed by atoms with Gasteiger partial charge in [0, 0.05) is 0 Å². The van der Waals surface area contributed by atoms with E-state index < -0.39 is 5.41 Å². The highest BCUT2D eigenvalue weighted by Crippen LogP contribution is 2.35. The Morgan fingerprint density at radius 2 is 1.88 bits per heavy atom. The third kappa shape index (κ3) is 3.78. The first-order valence-corrected chi connectivity index (χ1v) is 6.18. The van der Waals surface area contributed by atoms with Crippen LogP contribution in [0.5, 0.6) is 0 Å². The summed E-state index contributed by atoms with van der Waals surface area (Å²) in [5.74, 6) is 0.363. The van der Waals surface area contributed by atoms with Gasteiger partial charge >= 0.3 is 5.97 Å². The quantitative estimate of drug-likeness (QED) is 0.684. The number of ether oxygens (including phenoxy) is 1. The smallest absolute Gasteiger partial charge is 0.314 e. The fraction of sp³-hybridized carbons (Fsp3) is 0.923. The molecule has 0 spiro atoms. The number of esters is 1. The van der Waals surface area contributed by atoms with Crippen molar-refractivity contribution in [2.75, 3.05) is 13.2 Å². The Morgan fingerprint density at radius 1 is 1.31 bits per heavy atom. The molecule has 0 bridgehead atoms. The van der Waals surface area contributed by atoms with Crippen molar-refractivity contribution < 1.29 is 14.6 Å². The van der Waals surface area contributed by atoms with Crippen LogP contribution in [0.4, 0.5) is 0 Å². The molecule has 0 rings (SSSR count). The van der Waals surface area contributed by atoms with Gasteiger partial charge in [-0.1, -0.05) is 27.7 Å². The fourth-order valence-corrected chi connectivity index (χ4v) is 1.77. The van der Waals surface area contributed by atoms with Gasteiger partial charge < -0.3 is 9.84 Å². The number of rotatable bonds is 7. The van der Waals surface area contributed by atoms with E-state index >= 15 is 0 Å². The number of hydrogen-bond donors (Lipinski definition) is 1. The van der Waals surface area contributed by atoms with Gasteiger partial charge in [-0.05, 0) is 31.6 Å². The Labute approximate surface area is 99.2 Å². The molecule has 0 aromatic heterocycles. The van der Waals surface area contributed by atoms with E-state index in [9.17, 15) is 9.90 Å². The predicted molar refractivity (Wildman–Crippen MR) is 65.1 cm³/mol. The van der Waals surface area contributed by atoms with Crippen molar-refractivity contribution in [1.29, 1.82) is 0 Å². The van der Waals surface area contributed by atoms with Gasteiger partial charge in [-0.25, -0.2) is 0 Å². The summed E-state index contributed by atoms with van der Waals surface area (Å²) in [7, 11) is 0. The number of carbonyl (C=O) groups excluding carboxylic acids is 1. The van der Waals surface area contributed by atoms with Crippen molar-refractivity contribution in [1.82, 2.24) is 0 Å². The molecule has 3 heteroatoms. The molecule has 1 N–H and O–H groups in total. The monoisotopic (exact) mass is 230 g/mol. The number of aliphatic hydroxyl groups excluding tert-OH is 1. The van der Waals surface area contributed by atoms with Crippen molar-refractivity contribution in [3.63, 3.8) is 0 Å². The van der Waals surface area contributed by atoms with E-state index in [2.05, 4.69) is 13.8 Å². The van der Waals surface area contributed by atoms with Gasteiger partial charge in [0.05, 0.1) is 18.6 Å². The van der Waals surface area contributed by atoms with Crippen molar-refractivity contribution >= 4 is 5.97 Å². The first kappa shape index (κ1) is 15.4. The average Bonchev–Trinajstić information content (AvgIpc) is 2.18. The lowest BCUT2D eigenvalue weighted by atomic mass is 9.73. The summed E-state index contributed by atoms with van der Waals surface area (Å²) in [6.07, 6.45) is 1.62. The van der Waals surface area contributed by atoms with Crippen LogP contribution in [-0.2, 0) is 9.53 Å². The Morgan fingerprint density at radius 3 is 2.19 bits per heavy atom. The molecule has 16 heavy (non-hydrogen) atoms. The normalized spacial score (nSPS) is 15.2. The number of carbonyl (C=O) groups is 1. The zero-order chi connectivity index (χ0) is 12.8. The van der Waals surface area contributed by atoms with E-state index in [1.807, 2.05) is 13.8 Å². The molecule has 1 unspecified atom stereocenters. The van der Waals surface area contributed by atoms with E-state index in [0.29, 0.717) is 18.9 Å². The van der Waals surface area contributed by atoms with E-state index in [1.165, 1.54) is 0 Å². The van der Waals surface area contributed by atoms with Crippen LogP contribution >= 0.6 is 0 Å². The second-order valence-corrected chi connectivity index (χ2v) is 5.12. The van der Waals surface area contributed by atoms with Crippen LogP contribution in [0.15, 0.2) is 0 Å². The second-order valence-electron chi connectivity index (χ2n) is 5.12. The molecule has 0 radical (unpaired) electrons. The van der Waals surface area contributed by atoms with Crippen LogP contribution < -0.4 is 0 Å². The van der Waals surface area contributed by atoms with Gasteiger partial charge in [0.25, 0.3) is 0 Å². The maximum absolute atomic E-state index is 12.0. The van der Waals surface area contributed by atoms with Crippen LogP contribution in [0.25, 0.3) is 0 Å². The van der Waals surface area contributed by atoms with Gasteiger partial charge in [0.15, 0.2) is 0 Å². The van der Waals surface area contributed by atoms with E-state index in [-0.39, 0.29) is 18.5 Å². The van der Waals surface area contributed by atoms with E-state index in [0.717, 1.165) is 6.42 Å². The number of aliphatic hydroxyl groups is 1. The van der Waals surface area contributed by atoms with Crippen molar-refractivity contribution in [3.8, 4) is 0 Å². The zero-order valence-corrected chi connectivity index (χ0v) is 11.2. The predicted octanol–water partition coefficient (Wildman–Crippen LogP) is 2.62. The summed E-state index contributed by atoms with van der Waals surface area (Å²) in [5, 5.41) is 9.56. The zero-order valence-electron chi connectivity index (χ0n) is 11.2. The molecule has 0 aromatic rings. The van der Waals surface area contributed by atoms with Crippen LogP contribution in [0.2, 0.25) is 0 Å². The Balaban J connectivity index is 4.77. The summed E-state index contributed by atoms with van der Waals surface area (Å²) >= 11 is 0. The molecule has 0 saturated heterocycles. The van der Waals surface area contributed by atoms with Crippen molar-refractivity contribution in [3.05, 3.63) is 0 Å². The van der Waals surface area contributed by atoms with E-state index in [4.69, 9.17) is 4.74 Å². The largest absolute Gasteiger partial charge is 0.465 e. The summed E-state index contributed by atoms with van der Waals surface area (Å²) < 4.78 is 5.09. The molecule has 3 nitrogen and oxygen atoms in total. The molecule has 0 fully saturated rings. The van der Waals surface area contributed by atoms with Gasteiger partial charge in [0.2, 0.25) is 0 Å². The van der Waals surface area contributed by atoms with Crippen LogP contribution in [0, 0.1) is 17.3 Å². The summed E-state index contributed by atoms with van der Waals surface area (Å²) in [4.78, 5) is 12.0. The molecule has 0 aliphatic carbocycles. The SMILES string of the molecule is CCOC(=O)C(CO)(CCC(C)C)C(C)C. The second kappa shape index (κ2) is 6.89. The lowest BCUT2D eigenvalue weighted by Crippen LogP contribution is -2.41. The van der Waals surface area contributed by atoms with Crippen molar-refractivity contribution in [2.45, 2.75) is 47.5 Å². The third-order valence-electron chi connectivity index (χ3n) is 3.24. The average molecular weight is 230 g/mol. The molecule has 0 amide bonds. The summed E-state index contributed by atoms with van der Waals surface area (Å²) in [6.45, 7) is 10.2. The van der Waals surface area contributed by atoms with Gasteiger partial charge in [-0.2, -0.15) is 0 Å². The molecule has 0 aliphatic rings. The molecule has 0 heterocycles. The fourth-order valence-electron chi connectivity index (χ4n) is 1.77. The molecule has 96 valence electrons. The third-order valence-corrected chi connectivity index (χ3v) is 3.24. The Hall–Kier alpha value is -0.570. The molecule has 1 atom stereocenters. The lowest BCUT2D eigenvalue weighted by molar-refractivity contribution is -0.162. The van der Waals surface area contributed by atoms with E-state index in [1.54, 1.807) is 6.92 Å². The Bertz CT molecular complexity index is 211. The van der Waals surface area contributed by atoms with Gasteiger partial charge in [-0.15, -0.1) is 0 Å².